The number of carbonyl (C=O) groups excluding carboxylic acids is 4. The van der Waals surface area contributed by atoms with Crippen molar-refractivity contribution in [2.75, 3.05) is 0 Å². The number of ether oxygens (including phenoxy) is 4. The van der Waals surface area contributed by atoms with Crippen LogP contribution >= 0.6 is 0 Å². The molecule has 22 nitrogen and oxygen atoms in total. The number of carbonyl (C=O) groups is 4. The molecular weight excluding hydrogens is 1140 g/mol. The minimum absolute atomic E-state index is 0.0266. The number of pyridine rings is 2. The van der Waals surface area contributed by atoms with Crippen LogP contribution in [0.4, 0.5) is 0 Å². The Bertz CT molecular complexity index is 3050. The minimum atomic E-state index is -0.253. The normalized spacial score (nSPS) is 11.0. The molecule has 7 aromatic rings. The van der Waals surface area contributed by atoms with Gasteiger partial charge >= 0.3 is 23.9 Å². The second-order valence-corrected chi connectivity index (χ2v) is 22.7. The Hall–Kier alpha value is -8.92. The molecule has 0 unspecified atom stereocenters. The molecular formula is C68H88N14O8. The lowest BCUT2D eigenvalue weighted by Gasteiger charge is -2.07. The van der Waals surface area contributed by atoms with Gasteiger partial charge in [0.2, 0.25) is 0 Å². The van der Waals surface area contributed by atoms with Crippen LogP contribution in [0.1, 0.15) is 250 Å². The molecule has 0 atom stereocenters. The molecule has 0 spiro atoms. The highest BCUT2D eigenvalue weighted by molar-refractivity contribution is 5.70. The zero-order valence-corrected chi connectivity index (χ0v) is 53.1. The Balaban J connectivity index is 1.04. The average Bonchev–Trinajstić information content (AvgIpc) is 2.31. The van der Waals surface area contributed by atoms with E-state index < -0.39 is 0 Å². The van der Waals surface area contributed by atoms with Crippen molar-refractivity contribution in [2.45, 2.75) is 234 Å². The first-order valence-corrected chi connectivity index (χ1v) is 32.3. The third kappa shape index (κ3) is 26.4. The summed E-state index contributed by atoms with van der Waals surface area (Å²) in [6, 6.07) is 15.2. The van der Waals surface area contributed by atoms with E-state index in [9.17, 15) is 19.2 Å². The number of benzene rings is 1. The molecule has 0 aliphatic rings. The molecule has 0 saturated carbocycles. The molecule has 1 aromatic carbocycles. The SMILES string of the molecule is CCCCCCCC(=O)OCc1cn(Cc2cc(C#Cc3ccc(C#Cc4cc(Cn5cc(COC(=O)CCCCCCC)nn5)nc(Cn5cc(COC(=O)CCCCCCC)nn5)c4)cc3)cc(Cn3cc(COC(=O)CCCCCCC)nn3)n2)nn1. The van der Waals surface area contributed by atoms with E-state index in [4.69, 9.17) is 28.9 Å². The standard InChI is InChI=1S/C68H88N14O8/c1-5-9-13-17-21-25-65(83)87-49-61-45-79(75-71-61)41-57-37-55(38-58(69-57)42-80-46-62(72-76-80)50-88-66(84)26-22-18-14-10-6-2)35-33-53-29-31-54(32-30-53)34-36-56-39-59(43-81-47-63(73-77-81)51-89-67(85)27-23-19-15-11-7-3)70-60(40-56)44-82-48-64(74-78-82)52-90-68(86)28-24-20-16-12-8-4/h29-32,37-40,45-48H,5-28,41-44,49-52H2,1-4H3. The maximum atomic E-state index is 12.4. The Morgan fingerprint density at radius 3 is 0.800 bits per heavy atom. The van der Waals surface area contributed by atoms with Gasteiger partial charge < -0.3 is 18.9 Å². The molecule has 0 amide bonds. The van der Waals surface area contributed by atoms with Crippen molar-refractivity contribution < 1.29 is 38.1 Å². The fraction of sp³-hybridized carbons (Fsp3) is 0.529. The summed E-state index contributed by atoms with van der Waals surface area (Å²) in [5.41, 5.74) is 7.69. The minimum Gasteiger partial charge on any atom is -0.459 e. The number of aromatic nitrogens is 14. The highest BCUT2D eigenvalue weighted by atomic mass is 16.5. The molecule has 22 heteroatoms. The van der Waals surface area contributed by atoms with E-state index in [1.54, 1.807) is 43.5 Å². The van der Waals surface area contributed by atoms with Crippen molar-refractivity contribution in [1.29, 1.82) is 0 Å². The van der Waals surface area contributed by atoms with Gasteiger partial charge in [-0.25, -0.2) is 18.7 Å². The molecule has 0 N–H and O–H groups in total. The van der Waals surface area contributed by atoms with Crippen LogP contribution in [0.2, 0.25) is 0 Å². The zero-order chi connectivity index (χ0) is 63.4. The lowest BCUT2D eigenvalue weighted by molar-refractivity contribution is -0.146. The topological polar surface area (TPSA) is 254 Å². The molecule has 7 rings (SSSR count). The molecule has 90 heavy (non-hydrogen) atoms. The van der Waals surface area contributed by atoms with Gasteiger partial charge in [-0.2, -0.15) is 0 Å². The van der Waals surface area contributed by atoms with Gasteiger partial charge in [-0.1, -0.05) is 175 Å². The van der Waals surface area contributed by atoms with E-state index in [0.29, 0.717) is 82.4 Å². The molecule has 0 radical (unpaired) electrons. The van der Waals surface area contributed by atoms with E-state index in [2.05, 4.69) is 92.6 Å². The highest BCUT2D eigenvalue weighted by Gasteiger charge is 2.15. The molecule has 0 saturated heterocycles. The number of rotatable bonds is 40. The molecule has 0 fully saturated rings. The van der Waals surface area contributed by atoms with E-state index in [-0.39, 0.29) is 76.5 Å². The van der Waals surface area contributed by atoms with E-state index in [1.807, 2.05) is 48.5 Å². The first-order chi connectivity index (χ1) is 44.0. The molecule has 0 aliphatic carbocycles. The highest BCUT2D eigenvalue weighted by Crippen LogP contribution is 2.16. The lowest BCUT2D eigenvalue weighted by atomic mass is 10.1. The van der Waals surface area contributed by atoms with Gasteiger partial charge in [0, 0.05) is 47.9 Å². The van der Waals surface area contributed by atoms with Gasteiger partial charge in [0.05, 0.1) is 73.7 Å². The van der Waals surface area contributed by atoms with E-state index in [1.165, 1.54) is 0 Å². The summed E-state index contributed by atoms with van der Waals surface area (Å²) < 4.78 is 28.6. The second kappa shape index (κ2) is 39.2. The van der Waals surface area contributed by atoms with Crippen molar-refractivity contribution in [3.05, 3.63) is 141 Å². The van der Waals surface area contributed by atoms with Crippen molar-refractivity contribution in [3.63, 3.8) is 0 Å². The van der Waals surface area contributed by atoms with Crippen molar-refractivity contribution in [2.24, 2.45) is 0 Å². The van der Waals surface area contributed by atoms with Gasteiger partial charge in [0.1, 0.15) is 49.2 Å². The van der Waals surface area contributed by atoms with Crippen LogP contribution in [0.5, 0.6) is 0 Å². The van der Waals surface area contributed by atoms with Crippen molar-refractivity contribution in [3.8, 4) is 23.7 Å². The van der Waals surface area contributed by atoms with Gasteiger partial charge in [0.25, 0.3) is 0 Å². The molecule has 6 heterocycles. The summed E-state index contributed by atoms with van der Waals surface area (Å²) >= 11 is 0. The third-order valence-corrected chi connectivity index (χ3v) is 14.6. The van der Waals surface area contributed by atoms with Crippen LogP contribution in [0.15, 0.2) is 73.3 Å². The fourth-order valence-electron chi connectivity index (χ4n) is 9.68. The Labute approximate surface area is 529 Å². The summed E-state index contributed by atoms with van der Waals surface area (Å²) in [7, 11) is 0. The summed E-state index contributed by atoms with van der Waals surface area (Å²) in [6.45, 7) is 9.82. The average molecular weight is 1230 g/mol. The second-order valence-electron chi connectivity index (χ2n) is 22.7. The Morgan fingerprint density at radius 2 is 0.556 bits per heavy atom. The fourth-order valence-corrected chi connectivity index (χ4v) is 9.68. The van der Waals surface area contributed by atoms with Gasteiger partial charge in [-0.15, -0.1) is 20.4 Å². The van der Waals surface area contributed by atoms with E-state index in [0.717, 1.165) is 140 Å². The predicted molar refractivity (Wildman–Crippen MR) is 336 cm³/mol. The summed E-state index contributed by atoms with van der Waals surface area (Å²) in [4.78, 5) is 59.6. The first kappa shape index (κ1) is 68.6. The monoisotopic (exact) mass is 1230 g/mol. The Morgan fingerprint density at radius 1 is 0.322 bits per heavy atom. The number of esters is 4. The van der Waals surface area contributed by atoms with Crippen LogP contribution in [-0.4, -0.2) is 93.8 Å². The zero-order valence-electron chi connectivity index (χ0n) is 53.1. The third-order valence-electron chi connectivity index (χ3n) is 14.6. The van der Waals surface area contributed by atoms with Gasteiger partial charge in [-0.05, 0) is 74.2 Å². The first-order valence-electron chi connectivity index (χ1n) is 32.3. The van der Waals surface area contributed by atoms with Crippen molar-refractivity contribution >= 4 is 23.9 Å². The quantitative estimate of drug-likeness (QED) is 0.0150. The van der Waals surface area contributed by atoms with Crippen LogP contribution in [0.25, 0.3) is 0 Å². The number of hydrogen-bond donors (Lipinski definition) is 0. The van der Waals surface area contributed by atoms with E-state index >= 15 is 0 Å². The van der Waals surface area contributed by atoms with Gasteiger partial charge in [-0.3, -0.25) is 29.1 Å². The van der Waals surface area contributed by atoms with Crippen molar-refractivity contribution in [1.82, 2.24) is 69.9 Å². The van der Waals surface area contributed by atoms with Crippen LogP contribution < -0.4 is 0 Å². The van der Waals surface area contributed by atoms with Crippen LogP contribution in [-0.2, 0) is 90.7 Å². The molecule has 478 valence electrons. The number of nitrogens with zero attached hydrogens (tertiary/aromatic N) is 14. The summed E-state index contributed by atoms with van der Waals surface area (Å²) in [5, 5.41) is 34.2. The lowest BCUT2D eigenvalue weighted by Crippen LogP contribution is -2.08. The maximum Gasteiger partial charge on any atom is 0.306 e. The Kier molecular flexibility index (Phi) is 29.8. The predicted octanol–water partition coefficient (Wildman–Crippen LogP) is 11.5. The molecule has 6 aromatic heterocycles. The van der Waals surface area contributed by atoms with Crippen LogP contribution in [0, 0.1) is 23.7 Å². The summed E-state index contributed by atoms with van der Waals surface area (Å²) in [6.07, 6.45) is 29.3. The molecule has 0 aliphatic heterocycles. The largest absolute Gasteiger partial charge is 0.459 e. The summed E-state index contributed by atoms with van der Waals surface area (Å²) in [5.74, 6) is 12.2. The van der Waals surface area contributed by atoms with Gasteiger partial charge in [0.15, 0.2) is 0 Å². The maximum absolute atomic E-state index is 12.4. The number of unbranched alkanes of at least 4 members (excludes halogenated alkanes) is 16. The van der Waals surface area contributed by atoms with Crippen LogP contribution in [0.3, 0.4) is 0 Å². The molecule has 0 bridgehead atoms. The smallest absolute Gasteiger partial charge is 0.306 e. The number of hydrogen-bond acceptors (Lipinski definition) is 18.